The van der Waals surface area contributed by atoms with Crippen LogP contribution in [0.3, 0.4) is 0 Å². The molecule has 2 aromatic heterocycles. The van der Waals surface area contributed by atoms with Gasteiger partial charge in [-0.1, -0.05) is 84.4 Å². The van der Waals surface area contributed by atoms with E-state index in [1.54, 1.807) is 10.7 Å². The molecule has 1 saturated carbocycles. The molecule has 6 nitrogen and oxygen atoms in total. The lowest BCUT2D eigenvalue weighted by Gasteiger charge is -2.16. The highest BCUT2D eigenvalue weighted by molar-refractivity contribution is 9.10. The van der Waals surface area contributed by atoms with Gasteiger partial charge in [-0.25, -0.2) is 4.98 Å². The number of aromatic nitrogens is 3. The van der Waals surface area contributed by atoms with Crippen LogP contribution in [-0.2, 0) is 23.3 Å². The standard InChI is InChI=1S/C30H25BrClN5O/c31-24-19-35-37-27(16-26(36-28(24)37)23-8-4-5-9-25(23)32)33-17-20-10-12-21(13-11-20)18-34-29(38)30(14-15-30)22-6-2-1-3-7-22/h1-13,16,19,33H,14-15,17-18H2,(H,34,38). The fraction of sp³-hybridized carbons (Fsp3) is 0.167. The summed E-state index contributed by atoms with van der Waals surface area (Å²) >= 11 is 10.00. The lowest BCUT2D eigenvalue weighted by atomic mass is 9.95. The average molecular weight is 587 g/mol. The van der Waals surface area contributed by atoms with Crippen LogP contribution in [0, 0.1) is 0 Å². The topological polar surface area (TPSA) is 71.3 Å². The Labute approximate surface area is 234 Å². The largest absolute Gasteiger partial charge is 0.366 e. The van der Waals surface area contributed by atoms with Crippen LogP contribution in [0.5, 0.6) is 0 Å². The molecule has 1 aliphatic carbocycles. The Bertz CT molecular complexity index is 1610. The van der Waals surface area contributed by atoms with Gasteiger partial charge < -0.3 is 10.6 Å². The Morgan fingerprint density at radius 3 is 2.34 bits per heavy atom. The van der Waals surface area contributed by atoms with Gasteiger partial charge in [-0.3, -0.25) is 4.79 Å². The zero-order chi connectivity index (χ0) is 26.1. The molecule has 3 aromatic carbocycles. The van der Waals surface area contributed by atoms with Gasteiger partial charge in [0.2, 0.25) is 5.91 Å². The van der Waals surface area contributed by atoms with Gasteiger partial charge in [0.25, 0.3) is 0 Å². The molecule has 8 heteroatoms. The first-order valence-corrected chi connectivity index (χ1v) is 13.7. The van der Waals surface area contributed by atoms with Gasteiger partial charge >= 0.3 is 0 Å². The summed E-state index contributed by atoms with van der Waals surface area (Å²) in [7, 11) is 0. The summed E-state index contributed by atoms with van der Waals surface area (Å²) in [5.74, 6) is 0.915. The van der Waals surface area contributed by atoms with Crippen molar-refractivity contribution in [3.63, 3.8) is 0 Å². The minimum absolute atomic E-state index is 0.107. The molecule has 38 heavy (non-hydrogen) atoms. The molecule has 1 fully saturated rings. The van der Waals surface area contributed by atoms with Crippen LogP contribution in [-0.4, -0.2) is 20.5 Å². The number of anilines is 1. The number of amides is 1. The number of hydrogen-bond acceptors (Lipinski definition) is 4. The molecule has 1 aliphatic rings. The molecule has 0 spiro atoms. The van der Waals surface area contributed by atoms with E-state index in [1.807, 2.05) is 60.7 Å². The Hall–Kier alpha value is -3.68. The van der Waals surface area contributed by atoms with Crippen LogP contribution in [0.15, 0.2) is 95.6 Å². The van der Waals surface area contributed by atoms with E-state index in [0.29, 0.717) is 23.8 Å². The zero-order valence-electron chi connectivity index (χ0n) is 20.5. The SMILES string of the molecule is O=C(NCc1ccc(CNc2cc(-c3ccccc3Cl)nc3c(Br)cnn23)cc1)C1(c2ccccc2)CC1. The van der Waals surface area contributed by atoms with Gasteiger partial charge in [-0.05, 0) is 51.5 Å². The number of carbonyl (C=O) groups excluding carboxylic acids is 1. The van der Waals surface area contributed by atoms with E-state index in [0.717, 1.165) is 51.1 Å². The molecule has 190 valence electrons. The zero-order valence-corrected chi connectivity index (χ0v) is 22.8. The van der Waals surface area contributed by atoms with Crippen LogP contribution in [0.25, 0.3) is 16.9 Å². The van der Waals surface area contributed by atoms with Gasteiger partial charge in [0.05, 0.1) is 21.8 Å². The van der Waals surface area contributed by atoms with E-state index in [9.17, 15) is 4.79 Å². The maximum Gasteiger partial charge on any atom is 0.230 e. The van der Waals surface area contributed by atoms with Gasteiger partial charge in [-0.15, -0.1) is 0 Å². The highest BCUT2D eigenvalue weighted by Crippen LogP contribution is 2.48. The maximum absolute atomic E-state index is 12.9. The Balaban J connectivity index is 1.13. The van der Waals surface area contributed by atoms with E-state index in [1.165, 1.54) is 0 Å². The molecule has 6 rings (SSSR count). The summed E-state index contributed by atoms with van der Waals surface area (Å²) in [5.41, 5.74) is 5.26. The third kappa shape index (κ3) is 4.79. The molecular weight excluding hydrogens is 562 g/mol. The van der Waals surface area contributed by atoms with Gasteiger partial charge in [0.15, 0.2) is 5.65 Å². The third-order valence-electron chi connectivity index (χ3n) is 7.04. The summed E-state index contributed by atoms with van der Waals surface area (Å²) in [4.78, 5) is 17.7. The number of nitrogens with one attached hydrogen (secondary N) is 2. The molecule has 0 aliphatic heterocycles. The fourth-order valence-electron chi connectivity index (χ4n) is 4.72. The summed E-state index contributed by atoms with van der Waals surface area (Å²) in [6.45, 7) is 1.11. The van der Waals surface area contributed by atoms with Crippen LogP contribution in [0.4, 0.5) is 5.82 Å². The second kappa shape index (κ2) is 10.2. The van der Waals surface area contributed by atoms with Crippen molar-refractivity contribution in [3.8, 4) is 11.3 Å². The summed E-state index contributed by atoms with van der Waals surface area (Å²) in [6, 6.07) is 27.9. The number of rotatable bonds is 8. The number of carbonyl (C=O) groups is 1. The number of fused-ring (bicyclic) bond motifs is 1. The first-order valence-electron chi connectivity index (χ1n) is 12.5. The Morgan fingerprint density at radius 1 is 0.947 bits per heavy atom. The van der Waals surface area contributed by atoms with E-state index >= 15 is 0 Å². The van der Waals surface area contributed by atoms with Crippen molar-refractivity contribution in [3.05, 3.63) is 117 Å². The average Bonchev–Trinajstić information content (AvgIpc) is 3.69. The van der Waals surface area contributed by atoms with Crippen molar-refractivity contribution in [1.82, 2.24) is 19.9 Å². The van der Waals surface area contributed by atoms with Crippen LogP contribution in [0.1, 0.15) is 29.5 Å². The van der Waals surface area contributed by atoms with Crippen molar-refractivity contribution in [2.45, 2.75) is 31.3 Å². The predicted molar refractivity (Wildman–Crippen MR) is 154 cm³/mol. The van der Waals surface area contributed by atoms with Crippen LogP contribution >= 0.6 is 27.5 Å². The van der Waals surface area contributed by atoms with Gasteiger partial charge in [0, 0.05) is 29.7 Å². The molecular formula is C30H25BrClN5O. The maximum atomic E-state index is 12.9. The summed E-state index contributed by atoms with van der Waals surface area (Å²) in [5, 5.41) is 11.7. The van der Waals surface area contributed by atoms with Crippen molar-refractivity contribution < 1.29 is 4.79 Å². The second-order valence-electron chi connectivity index (χ2n) is 9.54. The van der Waals surface area contributed by atoms with Gasteiger partial charge in [-0.2, -0.15) is 9.61 Å². The normalized spacial score (nSPS) is 13.8. The van der Waals surface area contributed by atoms with Crippen LogP contribution in [0.2, 0.25) is 5.02 Å². The lowest BCUT2D eigenvalue weighted by Crippen LogP contribution is -2.34. The van der Waals surface area contributed by atoms with Crippen molar-refractivity contribution in [1.29, 1.82) is 0 Å². The van der Waals surface area contributed by atoms with E-state index in [4.69, 9.17) is 16.6 Å². The number of nitrogens with zero attached hydrogens (tertiary/aromatic N) is 3. The first-order chi connectivity index (χ1) is 18.5. The monoisotopic (exact) mass is 585 g/mol. The molecule has 0 radical (unpaired) electrons. The smallest absolute Gasteiger partial charge is 0.230 e. The highest BCUT2D eigenvalue weighted by atomic mass is 79.9. The van der Waals surface area contributed by atoms with E-state index < -0.39 is 0 Å². The van der Waals surface area contributed by atoms with Crippen molar-refractivity contribution >= 4 is 44.9 Å². The van der Waals surface area contributed by atoms with E-state index in [-0.39, 0.29) is 11.3 Å². The number of halogens is 2. The van der Waals surface area contributed by atoms with Crippen molar-refractivity contribution in [2.75, 3.05) is 5.32 Å². The summed E-state index contributed by atoms with van der Waals surface area (Å²) in [6.07, 6.45) is 3.54. The van der Waals surface area contributed by atoms with E-state index in [2.05, 4.69) is 55.9 Å². The van der Waals surface area contributed by atoms with Gasteiger partial charge in [0.1, 0.15) is 5.82 Å². The molecule has 0 saturated heterocycles. The second-order valence-corrected chi connectivity index (χ2v) is 10.8. The molecule has 5 aromatic rings. The number of hydrogen-bond donors (Lipinski definition) is 2. The Kier molecular flexibility index (Phi) is 6.64. The molecule has 1 amide bonds. The molecule has 0 bridgehead atoms. The highest BCUT2D eigenvalue weighted by Gasteiger charge is 2.50. The lowest BCUT2D eigenvalue weighted by molar-refractivity contribution is -0.123. The minimum Gasteiger partial charge on any atom is -0.366 e. The molecule has 2 heterocycles. The summed E-state index contributed by atoms with van der Waals surface area (Å²) < 4.78 is 2.58. The van der Waals surface area contributed by atoms with Crippen LogP contribution < -0.4 is 10.6 Å². The van der Waals surface area contributed by atoms with Crippen molar-refractivity contribution in [2.24, 2.45) is 0 Å². The molecule has 2 N–H and O–H groups in total. The Morgan fingerprint density at radius 2 is 1.63 bits per heavy atom. The third-order valence-corrected chi connectivity index (χ3v) is 7.93. The quantitative estimate of drug-likeness (QED) is 0.210. The first kappa shape index (κ1) is 24.6. The number of benzene rings is 3. The minimum atomic E-state index is -0.356. The molecule has 0 atom stereocenters. The fourth-order valence-corrected chi connectivity index (χ4v) is 5.30. The molecule has 0 unspecified atom stereocenters. The predicted octanol–water partition coefficient (Wildman–Crippen LogP) is 6.77.